The Hall–Kier alpha value is -4.97. The summed E-state index contributed by atoms with van der Waals surface area (Å²) in [5, 5.41) is 9.02. The Kier molecular flexibility index (Phi) is 20.3. The third kappa shape index (κ3) is 14.3. The molecule has 1 fully saturated rings. The summed E-state index contributed by atoms with van der Waals surface area (Å²) in [6, 6.07) is 10.6. The number of ether oxygens (including phenoxy) is 3. The lowest BCUT2D eigenvalue weighted by molar-refractivity contribution is -0.148. The number of benzene rings is 1. The first-order chi connectivity index (χ1) is 30.9. The van der Waals surface area contributed by atoms with E-state index in [1.807, 2.05) is 101 Å². The monoisotopic (exact) mass is 921 g/mol. The maximum atomic E-state index is 14.6. The molecular weight excluding hydrogens is 849 g/mol. The van der Waals surface area contributed by atoms with E-state index in [9.17, 15) is 24.0 Å². The van der Waals surface area contributed by atoms with Crippen molar-refractivity contribution in [3.63, 3.8) is 0 Å². The first-order valence-electron chi connectivity index (χ1n) is 22.7. The minimum absolute atomic E-state index is 0.0000409. The molecule has 1 saturated heterocycles. The van der Waals surface area contributed by atoms with E-state index in [0.29, 0.717) is 32.4 Å². The number of likely N-dealkylation sites (tertiary alicyclic amines) is 1. The van der Waals surface area contributed by atoms with Gasteiger partial charge in [0.1, 0.15) is 11.0 Å². The molecule has 9 atom stereocenters. The zero-order valence-corrected chi connectivity index (χ0v) is 40.9. The van der Waals surface area contributed by atoms with Crippen LogP contribution in [-0.4, -0.2) is 126 Å². The molecule has 358 valence electrons. The molecule has 0 bridgehead atoms. The maximum Gasteiger partial charge on any atom is 0.411 e. The van der Waals surface area contributed by atoms with Crippen LogP contribution in [0.3, 0.4) is 0 Å². The molecule has 65 heavy (non-hydrogen) atoms. The van der Waals surface area contributed by atoms with Crippen molar-refractivity contribution in [1.82, 2.24) is 35.3 Å². The topological polar surface area (TPSA) is 199 Å². The maximum absolute atomic E-state index is 14.6. The number of primary amides is 1. The summed E-state index contributed by atoms with van der Waals surface area (Å²) in [4.78, 5) is 82.4. The molecule has 3 heterocycles. The molecular formula is C48H72N8O8S. The first kappa shape index (κ1) is 52.7. The van der Waals surface area contributed by atoms with E-state index in [4.69, 9.17) is 19.9 Å². The van der Waals surface area contributed by atoms with Gasteiger partial charge < -0.3 is 40.4 Å². The van der Waals surface area contributed by atoms with E-state index in [1.54, 1.807) is 44.5 Å². The number of carbonyl (C=O) groups excluding carboxylic acids is 5. The van der Waals surface area contributed by atoms with Crippen molar-refractivity contribution in [2.45, 2.75) is 130 Å². The molecule has 0 spiro atoms. The van der Waals surface area contributed by atoms with Gasteiger partial charge in [0.2, 0.25) is 29.5 Å². The fourth-order valence-corrected chi connectivity index (χ4v) is 9.83. The van der Waals surface area contributed by atoms with Crippen molar-refractivity contribution < 1.29 is 38.2 Å². The molecule has 0 radical (unpaired) electrons. The number of methoxy groups -OCH3 is 2. The number of aromatic nitrogens is 2. The molecule has 5 amide bonds. The van der Waals surface area contributed by atoms with E-state index in [-0.39, 0.29) is 65.8 Å². The van der Waals surface area contributed by atoms with Gasteiger partial charge in [0.15, 0.2) is 0 Å². The number of thiazole rings is 1. The Morgan fingerprint density at radius 3 is 2.20 bits per heavy atom. The molecule has 17 heteroatoms. The van der Waals surface area contributed by atoms with Crippen LogP contribution >= 0.6 is 11.3 Å². The Labute approximate surface area is 389 Å². The Bertz CT molecular complexity index is 1990. The summed E-state index contributed by atoms with van der Waals surface area (Å²) < 4.78 is 17.1. The predicted molar refractivity (Wildman–Crippen MR) is 251 cm³/mol. The zero-order chi connectivity index (χ0) is 48.0. The van der Waals surface area contributed by atoms with E-state index in [2.05, 4.69) is 20.6 Å². The SMILES string of the molecule is CCC(C)C(C(CC(=O)N1CCC[C@H]1C(OC)C(C)C(=O)NC(Cc1ccccc1)c1nccs1)OC)N(C)C(=O)C(NC(=O)C(C(C)C)N(C)Cc1ccnc(OC(N)=O)c1)C(C)C. The minimum Gasteiger partial charge on any atom is -0.391 e. The highest BCUT2D eigenvalue weighted by molar-refractivity contribution is 7.09. The molecule has 1 aliphatic heterocycles. The van der Waals surface area contributed by atoms with Crippen molar-refractivity contribution in [2.24, 2.45) is 29.4 Å². The second-order valence-electron chi connectivity index (χ2n) is 18.0. The van der Waals surface area contributed by atoms with Crippen molar-refractivity contribution in [1.29, 1.82) is 0 Å². The van der Waals surface area contributed by atoms with Crippen LogP contribution in [0.25, 0.3) is 0 Å². The minimum atomic E-state index is -0.976. The number of rotatable bonds is 24. The van der Waals surface area contributed by atoms with Crippen LogP contribution in [0.1, 0.15) is 96.3 Å². The molecule has 4 rings (SSSR count). The third-order valence-electron chi connectivity index (χ3n) is 12.6. The molecule has 8 unspecified atom stereocenters. The van der Waals surface area contributed by atoms with Crippen molar-refractivity contribution in [3.05, 3.63) is 76.4 Å². The molecule has 1 aliphatic rings. The van der Waals surface area contributed by atoms with Crippen LogP contribution in [0.15, 0.2) is 60.2 Å². The number of nitrogens with two attached hydrogens (primary N) is 1. The molecule has 0 aliphatic carbocycles. The van der Waals surface area contributed by atoms with Gasteiger partial charge >= 0.3 is 6.09 Å². The fourth-order valence-electron chi connectivity index (χ4n) is 9.14. The van der Waals surface area contributed by atoms with Gasteiger partial charge in [0.25, 0.3) is 0 Å². The van der Waals surface area contributed by atoms with Gasteiger partial charge in [-0.2, -0.15) is 0 Å². The molecule has 16 nitrogen and oxygen atoms in total. The lowest BCUT2D eigenvalue weighted by atomic mass is 9.89. The van der Waals surface area contributed by atoms with Crippen LogP contribution in [0.5, 0.6) is 5.88 Å². The highest BCUT2D eigenvalue weighted by atomic mass is 32.1. The lowest BCUT2D eigenvalue weighted by Crippen LogP contribution is -2.60. The Morgan fingerprint density at radius 1 is 0.908 bits per heavy atom. The summed E-state index contributed by atoms with van der Waals surface area (Å²) in [6.45, 7) is 14.4. The highest BCUT2D eigenvalue weighted by Gasteiger charge is 2.43. The lowest BCUT2D eigenvalue weighted by Gasteiger charge is -2.41. The summed E-state index contributed by atoms with van der Waals surface area (Å²) in [5.74, 6) is -1.94. The summed E-state index contributed by atoms with van der Waals surface area (Å²) in [7, 11) is 6.68. The molecule has 1 aromatic carbocycles. The van der Waals surface area contributed by atoms with E-state index >= 15 is 0 Å². The smallest absolute Gasteiger partial charge is 0.391 e. The summed E-state index contributed by atoms with van der Waals surface area (Å²) in [6.07, 6.45) is 3.71. The highest BCUT2D eigenvalue weighted by Crippen LogP contribution is 2.31. The van der Waals surface area contributed by atoms with Gasteiger partial charge in [-0.05, 0) is 61.3 Å². The zero-order valence-electron chi connectivity index (χ0n) is 40.1. The second-order valence-corrected chi connectivity index (χ2v) is 18.9. The largest absolute Gasteiger partial charge is 0.411 e. The standard InChI is InChI=1S/C48H72N8O8S/c1-12-31(6)42(55(9)47(60)40(29(2)3)53-45(59)41(30(4)5)54(8)28-34-20-21-50-38(26-34)64-48(49)61)37(62-10)27-39(57)56-23-16-19-36(56)43(63-11)32(7)44(58)52-35(46-51-22-24-65-46)25-33-17-14-13-15-18-33/h13-15,17-18,20-22,24,26,29-32,35-37,40-43H,12,16,19,23,25,27-28H2,1-11H3,(H2,49,61)(H,52,58)(H,53,59)/t31?,32?,35?,36-,37?,40?,41?,42?,43?/m0/s1. The number of pyridine rings is 1. The van der Waals surface area contributed by atoms with E-state index in [0.717, 1.165) is 22.6 Å². The third-order valence-corrected chi connectivity index (χ3v) is 13.5. The molecule has 0 saturated carbocycles. The first-order valence-corrected chi connectivity index (χ1v) is 23.6. The number of amides is 5. The number of likely N-dealkylation sites (N-methyl/N-ethyl adjacent to an activating group) is 2. The second kappa shape index (κ2) is 25.1. The Balaban J connectivity index is 1.48. The number of nitrogens with one attached hydrogen (secondary N) is 2. The van der Waals surface area contributed by atoms with E-state index < -0.39 is 42.3 Å². The van der Waals surface area contributed by atoms with Crippen molar-refractivity contribution in [3.8, 4) is 5.88 Å². The number of hydrogen-bond donors (Lipinski definition) is 3. The van der Waals surface area contributed by atoms with Crippen LogP contribution < -0.4 is 21.1 Å². The van der Waals surface area contributed by atoms with Gasteiger partial charge in [-0.15, -0.1) is 11.3 Å². The van der Waals surface area contributed by atoms with Crippen LogP contribution in [0.4, 0.5) is 4.79 Å². The number of hydrogen-bond acceptors (Lipinski definition) is 12. The number of carbonyl (C=O) groups is 5. The average molecular weight is 921 g/mol. The molecule has 2 aromatic heterocycles. The quantitative estimate of drug-likeness (QED) is 0.101. The van der Waals surface area contributed by atoms with Crippen molar-refractivity contribution in [2.75, 3.05) is 34.9 Å². The average Bonchev–Trinajstić information content (AvgIpc) is 3.99. The predicted octanol–water partition coefficient (Wildman–Crippen LogP) is 5.61. The fraction of sp³-hybridized carbons (Fsp3) is 0.604. The normalized spacial score (nSPS) is 17.8. The van der Waals surface area contributed by atoms with Gasteiger partial charge in [-0.25, -0.2) is 14.8 Å². The molecule has 3 aromatic rings. The van der Waals surface area contributed by atoms with Crippen LogP contribution in [-0.2, 0) is 41.6 Å². The summed E-state index contributed by atoms with van der Waals surface area (Å²) >= 11 is 1.49. The molecule has 4 N–H and O–H groups in total. The Morgan fingerprint density at radius 2 is 1.62 bits per heavy atom. The van der Waals surface area contributed by atoms with Gasteiger partial charge in [0, 0.05) is 58.2 Å². The van der Waals surface area contributed by atoms with Crippen molar-refractivity contribution >= 4 is 41.1 Å². The van der Waals surface area contributed by atoms with E-state index in [1.165, 1.54) is 17.5 Å². The number of nitrogens with zero attached hydrogens (tertiary/aromatic N) is 5. The summed E-state index contributed by atoms with van der Waals surface area (Å²) in [5.41, 5.74) is 7.00. The van der Waals surface area contributed by atoms with Gasteiger partial charge in [-0.3, -0.25) is 24.1 Å². The van der Waals surface area contributed by atoms with Gasteiger partial charge in [0.05, 0.1) is 48.7 Å². The van der Waals surface area contributed by atoms with Crippen LogP contribution in [0, 0.1) is 23.7 Å². The van der Waals surface area contributed by atoms with Gasteiger partial charge in [-0.1, -0.05) is 85.2 Å². The van der Waals surface area contributed by atoms with Crippen LogP contribution in [0.2, 0.25) is 0 Å².